The topological polar surface area (TPSA) is 50.9 Å². The Hall–Kier alpha value is -1.68. The zero-order valence-corrected chi connectivity index (χ0v) is 11.2. The highest BCUT2D eigenvalue weighted by molar-refractivity contribution is 5.33. The van der Waals surface area contributed by atoms with Crippen LogP contribution in [0.2, 0.25) is 0 Å². The fourth-order valence-electron chi connectivity index (χ4n) is 3.23. The van der Waals surface area contributed by atoms with E-state index in [4.69, 9.17) is 0 Å². The molecule has 19 heavy (non-hydrogen) atoms. The fourth-order valence-corrected chi connectivity index (χ4v) is 3.23. The van der Waals surface area contributed by atoms with Crippen LogP contribution >= 0.6 is 0 Å². The summed E-state index contributed by atoms with van der Waals surface area (Å²) in [6.45, 7) is 2.14. The van der Waals surface area contributed by atoms with Crippen LogP contribution in [-0.4, -0.2) is 20.1 Å². The first kappa shape index (κ1) is 12.4. The average Bonchev–Trinajstić information content (AvgIpc) is 3.06. The predicted molar refractivity (Wildman–Crippen MR) is 72.9 cm³/mol. The van der Waals surface area contributed by atoms with Crippen LogP contribution < -0.4 is 0 Å². The van der Waals surface area contributed by atoms with E-state index in [-0.39, 0.29) is 0 Å². The SMILES string of the molecule is CCC1CCCC1(O)c1cnnn1-c1ccccc1. The van der Waals surface area contributed by atoms with Gasteiger partial charge in [0, 0.05) is 0 Å². The minimum atomic E-state index is -0.784. The molecule has 2 atom stereocenters. The molecule has 3 rings (SSSR count). The van der Waals surface area contributed by atoms with E-state index >= 15 is 0 Å². The Bertz CT molecular complexity index is 552. The average molecular weight is 257 g/mol. The molecule has 4 nitrogen and oxygen atoms in total. The van der Waals surface area contributed by atoms with Gasteiger partial charge in [-0.1, -0.05) is 36.8 Å². The van der Waals surface area contributed by atoms with Gasteiger partial charge in [-0.05, 0) is 37.3 Å². The van der Waals surface area contributed by atoms with Crippen molar-refractivity contribution < 1.29 is 5.11 Å². The second kappa shape index (κ2) is 4.78. The first-order valence-corrected chi connectivity index (χ1v) is 6.94. The maximum atomic E-state index is 11.1. The number of rotatable bonds is 3. The molecule has 100 valence electrons. The van der Waals surface area contributed by atoms with Crippen molar-refractivity contribution in [1.29, 1.82) is 0 Å². The Morgan fingerprint density at radius 3 is 2.89 bits per heavy atom. The van der Waals surface area contributed by atoms with Crippen LogP contribution in [0.3, 0.4) is 0 Å². The highest BCUT2D eigenvalue weighted by atomic mass is 16.3. The number of aromatic nitrogens is 3. The van der Waals surface area contributed by atoms with E-state index in [2.05, 4.69) is 17.2 Å². The largest absolute Gasteiger partial charge is 0.383 e. The second-order valence-electron chi connectivity index (χ2n) is 5.29. The van der Waals surface area contributed by atoms with Gasteiger partial charge in [0.15, 0.2) is 0 Å². The summed E-state index contributed by atoms with van der Waals surface area (Å²) in [4.78, 5) is 0. The lowest BCUT2D eigenvalue weighted by molar-refractivity contribution is -0.0101. The summed E-state index contributed by atoms with van der Waals surface area (Å²) in [6.07, 6.45) is 5.63. The van der Waals surface area contributed by atoms with Crippen LogP contribution in [0.25, 0.3) is 5.69 Å². The molecule has 0 aliphatic heterocycles. The lowest BCUT2D eigenvalue weighted by Crippen LogP contribution is -2.32. The molecule has 2 aromatic rings. The van der Waals surface area contributed by atoms with Crippen molar-refractivity contribution in [2.24, 2.45) is 5.92 Å². The summed E-state index contributed by atoms with van der Waals surface area (Å²) in [7, 11) is 0. The number of hydrogen-bond acceptors (Lipinski definition) is 3. The van der Waals surface area contributed by atoms with Crippen molar-refractivity contribution in [2.75, 3.05) is 0 Å². The van der Waals surface area contributed by atoms with Crippen LogP contribution in [0.5, 0.6) is 0 Å². The Morgan fingerprint density at radius 2 is 2.16 bits per heavy atom. The molecule has 1 N–H and O–H groups in total. The van der Waals surface area contributed by atoms with E-state index in [1.165, 1.54) is 0 Å². The van der Waals surface area contributed by atoms with Crippen molar-refractivity contribution in [3.63, 3.8) is 0 Å². The van der Waals surface area contributed by atoms with Gasteiger partial charge in [-0.25, -0.2) is 4.68 Å². The van der Waals surface area contributed by atoms with Gasteiger partial charge < -0.3 is 5.11 Å². The van der Waals surface area contributed by atoms with Gasteiger partial charge in [0.2, 0.25) is 0 Å². The van der Waals surface area contributed by atoms with E-state index in [1.54, 1.807) is 10.9 Å². The molecule has 1 aromatic carbocycles. The summed E-state index contributed by atoms with van der Waals surface area (Å²) < 4.78 is 1.77. The molecule has 1 fully saturated rings. The molecule has 1 heterocycles. The summed E-state index contributed by atoms with van der Waals surface area (Å²) >= 11 is 0. The number of para-hydroxylation sites is 1. The van der Waals surface area contributed by atoms with Gasteiger partial charge in [-0.15, -0.1) is 5.10 Å². The number of hydrogen-bond donors (Lipinski definition) is 1. The summed E-state index contributed by atoms with van der Waals surface area (Å²) in [5.41, 5.74) is 0.988. The van der Waals surface area contributed by atoms with Crippen molar-refractivity contribution in [3.8, 4) is 5.69 Å². The van der Waals surface area contributed by atoms with Gasteiger partial charge in [0.1, 0.15) is 5.60 Å². The highest BCUT2D eigenvalue weighted by Crippen LogP contribution is 2.45. The van der Waals surface area contributed by atoms with Gasteiger partial charge in [0.05, 0.1) is 17.6 Å². The maximum absolute atomic E-state index is 11.1. The normalized spacial score (nSPS) is 26.7. The lowest BCUT2D eigenvalue weighted by Gasteiger charge is -2.29. The maximum Gasteiger partial charge on any atom is 0.111 e. The fraction of sp³-hybridized carbons (Fsp3) is 0.467. The molecule has 0 spiro atoms. The third-order valence-electron chi connectivity index (χ3n) is 4.27. The smallest absolute Gasteiger partial charge is 0.111 e. The third kappa shape index (κ3) is 1.96. The van der Waals surface area contributed by atoms with Crippen LogP contribution in [0.4, 0.5) is 0 Å². The first-order chi connectivity index (χ1) is 9.25. The predicted octanol–water partition coefficient (Wildman–Crippen LogP) is 2.67. The lowest BCUT2D eigenvalue weighted by atomic mass is 9.86. The van der Waals surface area contributed by atoms with E-state index < -0.39 is 5.60 Å². The zero-order chi connectivity index (χ0) is 13.3. The number of benzene rings is 1. The monoisotopic (exact) mass is 257 g/mol. The van der Waals surface area contributed by atoms with E-state index in [1.807, 2.05) is 30.3 Å². The highest BCUT2D eigenvalue weighted by Gasteiger charge is 2.44. The van der Waals surface area contributed by atoms with Crippen LogP contribution in [0.1, 0.15) is 38.3 Å². The molecule has 4 heteroatoms. The molecule has 0 saturated heterocycles. The molecular weight excluding hydrogens is 238 g/mol. The Kier molecular flexibility index (Phi) is 3.11. The van der Waals surface area contributed by atoms with Crippen molar-refractivity contribution in [1.82, 2.24) is 15.0 Å². The van der Waals surface area contributed by atoms with Gasteiger partial charge >= 0.3 is 0 Å². The molecule has 0 radical (unpaired) electrons. The Labute approximate surface area is 113 Å². The van der Waals surface area contributed by atoms with Crippen molar-refractivity contribution >= 4 is 0 Å². The van der Waals surface area contributed by atoms with Gasteiger partial charge in [-0.2, -0.15) is 0 Å². The summed E-state index contributed by atoms with van der Waals surface area (Å²) in [5, 5.41) is 19.2. The van der Waals surface area contributed by atoms with Gasteiger partial charge in [0.25, 0.3) is 0 Å². The van der Waals surface area contributed by atoms with Crippen LogP contribution in [0.15, 0.2) is 36.5 Å². The second-order valence-corrected chi connectivity index (χ2v) is 5.29. The van der Waals surface area contributed by atoms with Crippen molar-refractivity contribution in [2.45, 2.75) is 38.2 Å². The molecular formula is C15H19N3O. The molecule has 1 aromatic heterocycles. The molecule has 1 aliphatic rings. The molecule has 2 unspecified atom stereocenters. The zero-order valence-electron chi connectivity index (χ0n) is 11.2. The van der Waals surface area contributed by atoms with Crippen molar-refractivity contribution in [3.05, 3.63) is 42.2 Å². The molecule has 1 aliphatic carbocycles. The van der Waals surface area contributed by atoms with Crippen LogP contribution in [0, 0.1) is 5.92 Å². The molecule has 0 bridgehead atoms. The quantitative estimate of drug-likeness (QED) is 0.919. The van der Waals surface area contributed by atoms with E-state index in [0.29, 0.717) is 5.92 Å². The number of nitrogens with zero attached hydrogens (tertiary/aromatic N) is 3. The molecule has 1 saturated carbocycles. The van der Waals surface area contributed by atoms with E-state index in [0.717, 1.165) is 37.1 Å². The first-order valence-electron chi connectivity index (χ1n) is 6.94. The van der Waals surface area contributed by atoms with E-state index in [9.17, 15) is 5.11 Å². The number of aliphatic hydroxyl groups is 1. The minimum Gasteiger partial charge on any atom is -0.383 e. The molecule has 0 amide bonds. The summed E-state index contributed by atoms with van der Waals surface area (Å²) in [6, 6.07) is 9.88. The third-order valence-corrected chi connectivity index (χ3v) is 4.27. The Balaban J connectivity index is 2.05. The summed E-state index contributed by atoms with van der Waals surface area (Å²) in [5.74, 6) is 0.300. The standard InChI is InChI=1S/C15H19N3O/c1-2-12-7-6-10-15(12,19)14-11-16-17-18(14)13-8-4-3-5-9-13/h3-5,8-9,11-12,19H,2,6-7,10H2,1H3. The van der Waals surface area contributed by atoms with Gasteiger partial charge in [-0.3, -0.25) is 0 Å². The Morgan fingerprint density at radius 1 is 1.37 bits per heavy atom. The minimum absolute atomic E-state index is 0.300. The van der Waals surface area contributed by atoms with Crippen LogP contribution in [-0.2, 0) is 5.60 Å².